The van der Waals surface area contributed by atoms with E-state index in [0.717, 1.165) is 13.1 Å². The molecule has 0 saturated carbocycles. The van der Waals surface area contributed by atoms with Crippen LogP contribution in [0.15, 0.2) is 0 Å². The van der Waals surface area contributed by atoms with Crippen LogP contribution in [-0.4, -0.2) is 81.5 Å². The first-order chi connectivity index (χ1) is 7.24. The molecule has 0 aromatic rings. The molecule has 3 fully saturated rings. The first-order valence-corrected chi connectivity index (χ1v) is 6.29. The number of fused-ring (bicyclic) bond motifs is 3. The molecule has 4 nitrogen and oxygen atoms in total. The predicted octanol–water partition coefficient (Wildman–Crippen LogP) is -1.17. The summed E-state index contributed by atoms with van der Waals surface area (Å²) >= 11 is 0. The van der Waals surface area contributed by atoms with Gasteiger partial charge in [-0.05, 0) is 7.05 Å². The molecule has 3 N–H and O–H groups in total. The van der Waals surface area contributed by atoms with Crippen LogP contribution in [0.1, 0.15) is 0 Å². The van der Waals surface area contributed by atoms with Crippen molar-refractivity contribution in [3.8, 4) is 0 Å². The minimum absolute atomic E-state index is 0.858. The molecular formula is C11H26N4+2. The van der Waals surface area contributed by atoms with Gasteiger partial charge in [-0.2, -0.15) is 0 Å². The van der Waals surface area contributed by atoms with Crippen LogP contribution in [0.2, 0.25) is 0 Å². The fourth-order valence-corrected chi connectivity index (χ4v) is 3.24. The Labute approximate surface area is 93.2 Å². The van der Waals surface area contributed by atoms with Crippen LogP contribution < -0.4 is 11.1 Å². The monoisotopic (exact) mass is 214 g/mol. The molecule has 0 radical (unpaired) electrons. The summed E-state index contributed by atoms with van der Waals surface area (Å²) in [5.41, 5.74) is 5.72. The van der Waals surface area contributed by atoms with Crippen LogP contribution in [0.5, 0.6) is 0 Å². The zero-order valence-electron chi connectivity index (χ0n) is 10.0. The lowest BCUT2D eigenvalue weighted by molar-refractivity contribution is -1.08. The van der Waals surface area contributed by atoms with Crippen molar-refractivity contribution >= 4 is 0 Å². The second kappa shape index (κ2) is 4.37. The maximum Gasteiger partial charge on any atom is 0.129 e. The zero-order chi connectivity index (χ0) is 10.8. The Kier molecular flexibility index (Phi) is 3.30. The van der Waals surface area contributed by atoms with Crippen molar-refractivity contribution in [2.75, 3.05) is 72.5 Å². The van der Waals surface area contributed by atoms with Gasteiger partial charge in [-0.3, -0.25) is 0 Å². The van der Waals surface area contributed by atoms with Gasteiger partial charge in [0.2, 0.25) is 0 Å². The van der Waals surface area contributed by atoms with Gasteiger partial charge < -0.3 is 20.0 Å². The summed E-state index contributed by atoms with van der Waals surface area (Å²) in [5.74, 6) is 0. The fourth-order valence-electron chi connectivity index (χ4n) is 3.24. The van der Waals surface area contributed by atoms with Crippen molar-refractivity contribution in [2.45, 2.75) is 0 Å². The first kappa shape index (κ1) is 11.3. The molecule has 4 heteroatoms. The van der Waals surface area contributed by atoms with Crippen molar-refractivity contribution < 1.29 is 8.97 Å². The third-order valence-corrected chi connectivity index (χ3v) is 4.59. The van der Waals surface area contributed by atoms with E-state index in [1.165, 1.54) is 61.3 Å². The second-order valence-corrected chi connectivity index (χ2v) is 5.36. The van der Waals surface area contributed by atoms with Gasteiger partial charge in [0.1, 0.15) is 39.3 Å². The Balaban J connectivity index is 1.92. The van der Waals surface area contributed by atoms with Gasteiger partial charge in [-0.25, -0.2) is 0 Å². The van der Waals surface area contributed by atoms with Crippen molar-refractivity contribution in [2.24, 2.45) is 5.73 Å². The molecule has 3 aliphatic heterocycles. The predicted molar refractivity (Wildman–Crippen MR) is 62.4 cm³/mol. The average Bonchev–Trinajstić information content (AvgIpc) is 2.29. The van der Waals surface area contributed by atoms with Crippen LogP contribution in [0, 0.1) is 0 Å². The molecule has 3 saturated heterocycles. The number of piperazine rings is 3. The SMILES string of the molecule is CNCC[N+]12CC[N+](CCN)(CC1)CC2. The van der Waals surface area contributed by atoms with Gasteiger partial charge >= 0.3 is 0 Å². The molecule has 0 aliphatic carbocycles. The lowest BCUT2D eigenvalue weighted by atomic mass is 10.1. The lowest BCUT2D eigenvalue weighted by Crippen LogP contribution is -2.76. The Morgan fingerprint density at radius 2 is 1.40 bits per heavy atom. The maximum absolute atomic E-state index is 5.72. The van der Waals surface area contributed by atoms with Gasteiger partial charge in [0, 0.05) is 13.1 Å². The molecule has 0 aromatic heterocycles. The highest BCUT2D eigenvalue weighted by molar-refractivity contribution is 4.63. The summed E-state index contributed by atoms with van der Waals surface area (Å²) in [5, 5.41) is 3.29. The van der Waals surface area contributed by atoms with Crippen molar-refractivity contribution in [3.05, 3.63) is 0 Å². The van der Waals surface area contributed by atoms with Gasteiger partial charge in [0.25, 0.3) is 0 Å². The lowest BCUT2D eigenvalue weighted by Gasteiger charge is -2.55. The fraction of sp³-hybridized carbons (Fsp3) is 1.00. The molecule has 0 aromatic carbocycles. The van der Waals surface area contributed by atoms with Gasteiger partial charge in [-0.1, -0.05) is 0 Å². The normalized spacial score (nSPS) is 39.6. The topological polar surface area (TPSA) is 38.0 Å². The number of nitrogens with two attached hydrogens (primary N) is 1. The summed E-state index contributed by atoms with van der Waals surface area (Å²) in [6, 6.07) is 0. The minimum atomic E-state index is 0.858. The van der Waals surface area contributed by atoms with E-state index in [2.05, 4.69) is 12.4 Å². The summed E-state index contributed by atoms with van der Waals surface area (Å²) in [6.45, 7) is 12.8. The van der Waals surface area contributed by atoms with Crippen molar-refractivity contribution in [1.82, 2.24) is 5.32 Å². The van der Waals surface area contributed by atoms with Crippen LogP contribution in [-0.2, 0) is 0 Å². The molecule has 3 rings (SSSR count). The molecule has 0 spiro atoms. The molecule has 0 unspecified atom stereocenters. The van der Waals surface area contributed by atoms with E-state index in [4.69, 9.17) is 5.73 Å². The maximum atomic E-state index is 5.72. The smallest absolute Gasteiger partial charge is 0.129 e. The Bertz CT molecular complexity index is 192. The Morgan fingerprint density at radius 3 is 1.80 bits per heavy atom. The third-order valence-electron chi connectivity index (χ3n) is 4.59. The molecule has 3 heterocycles. The molecule has 2 bridgehead atoms. The third kappa shape index (κ3) is 2.18. The highest BCUT2D eigenvalue weighted by atomic mass is 15.5. The van der Waals surface area contributed by atoms with Crippen LogP contribution in [0.3, 0.4) is 0 Å². The van der Waals surface area contributed by atoms with E-state index in [1.807, 2.05) is 0 Å². The second-order valence-electron chi connectivity index (χ2n) is 5.36. The van der Waals surface area contributed by atoms with Gasteiger partial charge in [-0.15, -0.1) is 0 Å². The Hall–Kier alpha value is -0.160. The first-order valence-electron chi connectivity index (χ1n) is 6.29. The van der Waals surface area contributed by atoms with E-state index < -0.39 is 0 Å². The molecule has 0 amide bonds. The number of rotatable bonds is 5. The summed E-state index contributed by atoms with van der Waals surface area (Å²) in [6.07, 6.45) is 0. The Morgan fingerprint density at radius 1 is 0.933 bits per heavy atom. The summed E-state index contributed by atoms with van der Waals surface area (Å²) in [4.78, 5) is 0. The number of nitrogens with one attached hydrogen (secondary N) is 1. The largest absolute Gasteiger partial charge is 0.326 e. The molecule has 15 heavy (non-hydrogen) atoms. The highest BCUT2D eigenvalue weighted by Gasteiger charge is 2.47. The molecular weight excluding hydrogens is 188 g/mol. The van der Waals surface area contributed by atoms with Crippen molar-refractivity contribution in [1.29, 1.82) is 0 Å². The highest BCUT2D eigenvalue weighted by Crippen LogP contribution is 2.25. The quantitative estimate of drug-likeness (QED) is 0.566. The number of hydrogen-bond donors (Lipinski definition) is 2. The average molecular weight is 214 g/mol. The standard InChI is InChI=1S/C11H26N4/c1-13-3-5-15-9-6-14(4-2-12,7-10-15)8-11-15/h13H,2-12H2,1H3/q+2. The number of nitrogens with zero attached hydrogens (tertiary/aromatic N) is 2. The van der Waals surface area contributed by atoms with E-state index in [0.29, 0.717) is 0 Å². The summed E-state index contributed by atoms with van der Waals surface area (Å²) in [7, 11) is 2.06. The van der Waals surface area contributed by atoms with Crippen LogP contribution in [0.25, 0.3) is 0 Å². The minimum Gasteiger partial charge on any atom is -0.326 e. The summed E-state index contributed by atoms with van der Waals surface area (Å²) < 4.78 is 2.68. The van der Waals surface area contributed by atoms with E-state index in [9.17, 15) is 0 Å². The molecule has 88 valence electrons. The van der Waals surface area contributed by atoms with Crippen LogP contribution >= 0.6 is 0 Å². The number of hydrogen-bond acceptors (Lipinski definition) is 2. The van der Waals surface area contributed by atoms with E-state index in [-0.39, 0.29) is 0 Å². The number of quaternary nitrogens is 2. The van der Waals surface area contributed by atoms with Crippen molar-refractivity contribution in [3.63, 3.8) is 0 Å². The van der Waals surface area contributed by atoms with Crippen LogP contribution in [0.4, 0.5) is 0 Å². The van der Waals surface area contributed by atoms with Gasteiger partial charge in [0.15, 0.2) is 0 Å². The molecule has 3 aliphatic rings. The van der Waals surface area contributed by atoms with E-state index in [1.54, 1.807) is 0 Å². The van der Waals surface area contributed by atoms with E-state index >= 15 is 0 Å². The van der Waals surface area contributed by atoms with Gasteiger partial charge in [0.05, 0.1) is 13.1 Å². The molecule has 0 atom stereocenters. The zero-order valence-corrected chi connectivity index (χ0v) is 10.0. The number of likely N-dealkylation sites (N-methyl/N-ethyl adjacent to an activating group) is 1.